The molecule has 4 rings (SSSR count). The van der Waals surface area contributed by atoms with Crippen LogP contribution in [0.3, 0.4) is 0 Å². The van der Waals surface area contributed by atoms with Gasteiger partial charge in [0.2, 0.25) is 5.95 Å². The van der Waals surface area contributed by atoms with Gasteiger partial charge in [0.15, 0.2) is 0 Å². The number of nitrogens with one attached hydrogen (secondary N) is 1. The zero-order valence-corrected chi connectivity index (χ0v) is 16.5. The summed E-state index contributed by atoms with van der Waals surface area (Å²) in [5.41, 5.74) is 7.18. The molecule has 6 nitrogen and oxygen atoms in total. The highest BCUT2D eigenvalue weighted by molar-refractivity contribution is 8.04. The number of nitrogens with two attached hydrogens (primary N) is 1. The molecule has 1 amide bonds. The highest BCUT2D eigenvalue weighted by atomic mass is 32.2. The molecule has 1 aromatic heterocycles. The first-order valence-corrected chi connectivity index (χ1v) is 10.3. The number of amides is 1. The summed E-state index contributed by atoms with van der Waals surface area (Å²) in [4.78, 5) is 20.6. The first-order chi connectivity index (χ1) is 13.5. The van der Waals surface area contributed by atoms with Crippen molar-refractivity contribution in [3.8, 4) is 0 Å². The second kappa shape index (κ2) is 7.67. The molecule has 0 saturated carbocycles. The summed E-state index contributed by atoms with van der Waals surface area (Å²) in [7, 11) is 0. The van der Waals surface area contributed by atoms with E-state index in [9.17, 15) is 13.6 Å². The van der Waals surface area contributed by atoms with Crippen LogP contribution in [0.25, 0.3) is 0 Å². The Morgan fingerprint density at radius 3 is 2.89 bits per heavy atom. The van der Waals surface area contributed by atoms with Gasteiger partial charge in [-0.2, -0.15) is 4.39 Å². The molecule has 0 spiro atoms. The zero-order valence-electron chi connectivity index (χ0n) is 14.9. The average molecular weight is 424 g/mol. The first kappa shape index (κ1) is 19.1. The molecule has 2 unspecified atom stereocenters. The van der Waals surface area contributed by atoms with E-state index in [4.69, 9.17) is 18.0 Å². The van der Waals surface area contributed by atoms with Gasteiger partial charge in [0.1, 0.15) is 17.4 Å². The number of anilines is 1. The van der Waals surface area contributed by atoms with Crippen LogP contribution in [0, 0.1) is 5.95 Å². The predicted octanol–water partition coefficient (Wildman–Crippen LogP) is 2.35. The lowest BCUT2D eigenvalue weighted by atomic mass is 10.1. The van der Waals surface area contributed by atoms with Crippen LogP contribution in [0.1, 0.15) is 23.8 Å². The molecule has 1 aromatic rings. The molecule has 0 aliphatic carbocycles. The number of thioether (sulfide) groups is 1. The van der Waals surface area contributed by atoms with Gasteiger partial charge in [-0.25, -0.2) is 9.37 Å². The van der Waals surface area contributed by atoms with E-state index in [2.05, 4.69) is 10.3 Å². The third kappa shape index (κ3) is 3.35. The zero-order chi connectivity index (χ0) is 19.8. The van der Waals surface area contributed by atoms with Gasteiger partial charge in [-0.1, -0.05) is 24.0 Å². The van der Waals surface area contributed by atoms with Gasteiger partial charge < -0.3 is 20.9 Å². The number of allylic oxidation sites excluding steroid dienone is 1. The first-order valence-electron chi connectivity index (χ1n) is 8.92. The van der Waals surface area contributed by atoms with Crippen molar-refractivity contribution in [2.75, 3.05) is 24.5 Å². The Morgan fingerprint density at radius 2 is 2.25 bits per heavy atom. The van der Waals surface area contributed by atoms with Crippen molar-refractivity contribution in [2.45, 2.75) is 24.4 Å². The van der Waals surface area contributed by atoms with Crippen molar-refractivity contribution in [2.24, 2.45) is 5.73 Å². The van der Waals surface area contributed by atoms with Gasteiger partial charge in [0, 0.05) is 42.3 Å². The van der Waals surface area contributed by atoms with E-state index in [1.165, 1.54) is 28.2 Å². The number of alkyl halides is 1. The molecular formula is C18H19F2N5OS2. The molecule has 10 heteroatoms. The molecule has 148 valence electrons. The van der Waals surface area contributed by atoms with Crippen molar-refractivity contribution in [1.29, 1.82) is 0 Å². The van der Waals surface area contributed by atoms with Crippen LogP contribution in [-0.2, 0) is 4.79 Å². The topological polar surface area (TPSA) is 74.5 Å². The van der Waals surface area contributed by atoms with Crippen molar-refractivity contribution >= 4 is 41.1 Å². The van der Waals surface area contributed by atoms with Crippen LogP contribution in [-0.4, -0.2) is 47.0 Å². The quantitative estimate of drug-likeness (QED) is 0.437. The summed E-state index contributed by atoms with van der Waals surface area (Å²) in [6, 6.07) is 3.35. The van der Waals surface area contributed by atoms with Crippen LogP contribution in [0.5, 0.6) is 0 Å². The molecular weight excluding hydrogens is 404 g/mol. The van der Waals surface area contributed by atoms with Crippen molar-refractivity contribution in [3.63, 3.8) is 0 Å². The summed E-state index contributed by atoms with van der Waals surface area (Å²) in [5.74, 6) is -0.381. The van der Waals surface area contributed by atoms with E-state index in [1.54, 1.807) is 17.0 Å². The number of hydrogen-bond donors (Lipinski definition) is 2. The summed E-state index contributed by atoms with van der Waals surface area (Å²) >= 11 is 6.18. The second-order valence-electron chi connectivity index (χ2n) is 6.75. The van der Waals surface area contributed by atoms with Crippen LogP contribution in [0.4, 0.5) is 14.6 Å². The number of hydrogen-bond acceptors (Lipinski definition) is 7. The Kier molecular flexibility index (Phi) is 5.24. The van der Waals surface area contributed by atoms with Crippen LogP contribution >= 0.6 is 24.0 Å². The normalized spacial score (nSPS) is 25.2. The van der Waals surface area contributed by atoms with E-state index >= 15 is 0 Å². The highest BCUT2D eigenvalue weighted by Gasteiger charge is 2.37. The van der Waals surface area contributed by atoms with E-state index in [0.717, 1.165) is 5.70 Å². The lowest BCUT2D eigenvalue weighted by Gasteiger charge is -2.27. The second-order valence-corrected chi connectivity index (χ2v) is 8.10. The molecule has 0 bridgehead atoms. The smallest absolute Gasteiger partial charge is 0.266 e. The Labute approximate surface area is 170 Å². The minimum atomic E-state index is -0.902. The van der Waals surface area contributed by atoms with Gasteiger partial charge in [-0.15, -0.1) is 0 Å². The maximum Gasteiger partial charge on any atom is 0.266 e. The molecule has 28 heavy (non-hydrogen) atoms. The fraction of sp³-hybridized carbons (Fsp3) is 0.389. The number of carbonyl (C=O) groups is 1. The number of nitrogens with zero attached hydrogens (tertiary/aromatic N) is 3. The molecule has 4 heterocycles. The van der Waals surface area contributed by atoms with Crippen molar-refractivity contribution in [3.05, 3.63) is 46.1 Å². The molecule has 3 aliphatic rings. The molecule has 1 saturated heterocycles. The van der Waals surface area contributed by atoms with Crippen molar-refractivity contribution in [1.82, 2.24) is 15.2 Å². The maximum atomic E-state index is 14.7. The molecule has 3 N–H and O–H groups in total. The summed E-state index contributed by atoms with van der Waals surface area (Å²) in [5, 5.41) is 4.15. The third-order valence-corrected chi connectivity index (χ3v) is 6.55. The van der Waals surface area contributed by atoms with E-state index < -0.39 is 17.5 Å². The minimum Gasteiger partial charge on any atom is -0.403 e. The van der Waals surface area contributed by atoms with Gasteiger partial charge in [0.25, 0.3) is 5.91 Å². The lowest BCUT2D eigenvalue weighted by molar-refractivity contribution is -0.124. The van der Waals surface area contributed by atoms with Crippen molar-refractivity contribution < 1.29 is 13.6 Å². The fourth-order valence-corrected chi connectivity index (χ4v) is 5.03. The van der Waals surface area contributed by atoms with E-state index in [1.807, 2.05) is 0 Å². The number of aromatic nitrogens is 1. The van der Waals surface area contributed by atoms with E-state index in [-0.39, 0.29) is 12.5 Å². The molecule has 1 fully saturated rings. The SMILES string of the molecule is N/C=C(\C=S)N1CCC2=C(SC(c3ccc(N4CCC(F)C4)nc3F)N2)C1=O. The average Bonchev–Trinajstić information content (AvgIpc) is 3.31. The largest absolute Gasteiger partial charge is 0.403 e. The van der Waals surface area contributed by atoms with Crippen LogP contribution in [0.2, 0.25) is 0 Å². The van der Waals surface area contributed by atoms with Gasteiger partial charge >= 0.3 is 0 Å². The number of halogens is 2. The van der Waals surface area contributed by atoms with Gasteiger partial charge in [-0.05, 0) is 18.6 Å². The predicted molar refractivity (Wildman–Crippen MR) is 109 cm³/mol. The summed E-state index contributed by atoms with van der Waals surface area (Å²) in [6.07, 6.45) is 1.44. The number of rotatable bonds is 4. The maximum absolute atomic E-state index is 14.7. The third-order valence-electron chi connectivity index (χ3n) is 5.04. The highest BCUT2D eigenvalue weighted by Crippen LogP contribution is 2.44. The molecule has 2 atom stereocenters. The minimum absolute atomic E-state index is 0.199. The van der Waals surface area contributed by atoms with Crippen LogP contribution < -0.4 is 16.0 Å². The van der Waals surface area contributed by atoms with Crippen LogP contribution in [0.15, 0.2) is 34.6 Å². The number of pyridine rings is 1. The number of carbonyl (C=O) groups excluding carboxylic acids is 1. The van der Waals surface area contributed by atoms with Gasteiger partial charge in [-0.3, -0.25) is 4.79 Å². The standard InChI is InChI=1S/C18H19F2N5OS2/c19-10-3-5-24(8-10)14-2-1-12(16(20)23-14)17-22-13-4-6-25(11(7-21)9-27)18(26)15(13)28-17/h1-2,7,9-10,17,22H,3-6,8,21H2/b11-7+. The number of thiocarbonyl (C=S) groups is 1. The Hall–Kier alpha value is -2.20. The lowest BCUT2D eigenvalue weighted by Crippen LogP contribution is -2.37. The Balaban J connectivity index is 1.51. The Morgan fingerprint density at radius 1 is 1.43 bits per heavy atom. The monoisotopic (exact) mass is 423 g/mol. The molecule has 3 aliphatic heterocycles. The fourth-order valence-electron chi connectivity index (χ4n) is 3.57. The molecule has 0 aromatic carbocycles. The van der Waals surface area contributed by atoms with Gasteiger partial charge in [0.05, 0.1) is 17.1 Å². The van der Waals surface area contributed by atoms with E-state index in [0.29, 0.717) is 47.9 Å². The molecule has 0 radical (unpaired) electrons. The summed E-state index contributed by atoms with van der Waals surface area (Å²) < 4.78 is 28.1. The summed E-state index contributed by atoms with van der Waals surface area (Å²) in [6.45, 7) is 1.22. The Bertz CT molecular complexity index is 891.